The summed E-state index contributed by atoms with van der Waals surface area (Å²) in [5.41, 5.74) is 15.5. The van der Waals surface area contributed by atoms with Crippen LogP contribution in [-0.4, -0.2) is 50.6 Å². The quantitative estimate of drug-likeness (QED) is 0.0945. The van der Waals surface area contributed by atoms with Crippen LogP contribution in [0.25, 0.3) is 68.6 Å². The maximum Gasteiger partial charge on any atom is 0.0786 e. The maximum atomic E-state index is 5.42. The highest BCUT2D eigenvalue weighted by molar-refractivity contribution is 5.94. The van der Waals surface area contributed by atoms with Crippen molar-refractivity contribution in [1.29, 1.82) is 0 Å². The number of unbranched alkanes of at least 4 members (excludes halogenated alkanes) is 2. The van der Waals surface area contributed by atoms with Gasteiger partial charge in [0.05, 0.1) is 49.0 Å². The number of rotatable bonds is 13. The highest BCUT2D eigenvalue weighted by atomic mass is 15.3. The summed E-state index contributed by atoms with van der Waals surface area (Å²) in [6.45, 7) is 14.0. The van der Waals surface area contributed by atoms with Crippen molar-refractivity contribution in [3.63, 3.8) is 0 Å². The van der Waals surface area contributed by atoms with E-state index in [1.165, 1.54) is 48.2 Å². The first-order valence-electron chi connectivity index (χ1n) is 19.2. The fraction of sp³-hybridized carbons (Fsp3) is 0.304. The zero-order valence-corrected chi connectivity index (χ0v) is 30.8. The van der Waals surface area contributed by atoms with Crippen LogP contribution >= 0.6 is 0 Å². The van der Waals surface area contributed by atoms with Crippen LogP contribution in [0.5, 0.6) is 0 Å². The van der Waals surface area contributed by atoms with Gasteiger partial charge in [-0.25, -0.2) is 9.97 Å². The van der Waals surface area contributed by atoms with Gasteiger partial charge in [0.15, 0.2) is 0 Å². The second-order valence-corrected chi connectivity index (χ2v) is 14.0. The van der Waals surface area contributed by atoms with E-state index in [2.05, 4.69) is 147 Å². The average Bonchev–Trinajstić information content (AvgIpc) is 4.01. The van der Waals surface area contributed by atoms with E-state index in [-0.39, 0.29) is 0 Å². The molecule has 260 valence electrons. The summed E-state index contributed by atoms with van der Waals surface area (Å²) < 4.78 is 1.17. The summed E-state index contributed by atoms with van der Waals surface area (Å²) in [6.07, 6.45) is 15.2. The summed E-state index contributed by atoms with van der Waals surface area (Å²) in [5, 5.41) is 0. The Hall–Kier alpha value is -5.00. The highest BCUT2D eigenvalue weighted by Crippen LogP contribution is 2.35. The van der Waals surface area contributed by atoms with Crippen molar-refractivity contribution in [2.45, 2.75) is 66.2 Å². The minimum atomic E-state index is 0.931. The molecule has 0 fully saturated rings. The van der Waals surface area contributed by atoms with E-state index < -0.39 is 0 Å². The van der Waals surface area contributed by atoms with Crippen LogP contribution in [0.3, 0.4) is 0 Å². The van der Waals surface area contributed by atoms with E-state index in [4.69, 9.17) is 9.97 Å². The van der Waals surface area contributed by atoms with Crippen LogP contribution in [0.1, 0.15) is 87.3 Å². The van der Waals surface area contributed by atoms with E-state index >= 15 is 0 Å². The second-order valence-electron chi connectivity index (χ2n) is 14.0. The SMILES string of the molecule is CCCCc1c2ccc([nH]2)c(-c2ccccc2)c2nc(c(CCCC[N+](CC)(CC)CC)c3nc(c(-c4ccccc4)c4ccc1[nH]4)C=C3)C=C2. The molecule has 0 saturated carbocycles. The lowest BCUT2D eigenvalue weighted by Gasteiger charge is -2.35. The molecule has 51 heavy (non-hydrogen) atoms. The van der Waals surface area contributed by atoms with Crippen LogP contribution in [0.2, 0.25) is 0 Å². The molecule has 5 aromatic rings. The van der Waals surface area contributed by atoms with Gasteiger partial charge >= 0.3 is 0 Å². The standard InChI is InChI=1S/C46H52N5/c1-5-9-22-35-37-24-28-41(47-37)45(33-18-12-10-13-19-33)43-30-26-39(49-43)36(23-16-17-32-51(6-2,7-3)8-4)40-27-31-44(50-40)46(34-20-14-11-15-21-34)42-29-25-38(35)48-42/h10-15,18-21,24-31,47-48H,5-9,16-17,22-23,32H2,1-4H3/q+1. The number of fused-ring (bicyclic) bond motifs is 8. The van der Waals surface area contributed by atoms with E-state index in [1.807, 2.05) is 0 Å². The Balaban J connectivity index is 1.51. The van der Waals surface area contributed by atoms with Gasteiger partial charge in [0, 0.05) is 38.8 Å². The number of aromatic nitrogens is 4. The number of nitrogens with one attached hydrogen (secondary N) is 2. The molecule has 7 rings (SSSR count). The fourth-order valence-corrected chi connectivity index (χ4v) is 7.91. The van der Waals surface area contributed by atoms with E-state index in [1.54, 1.807) is 0 Å². The molecule has 2 aliphatic heterocycles. The lowest BCUT2D eigenvalue weighted by atomic mass is 10.0. The van der Waals surface area contributed by atoms with Gasteiger partial charge < -0.3 is 14.5 Å². The molecule has 5 heteroatoms. The van der Waals surface area contributed by atoms with Crippen molar-refractivity contribution in [1.82, 2.24) is 19.9 Å². The predicted molar refractivity (Wildman–Crippen MR) is 218 cm³/mol. The number of hydrogen-bond donors (Lipinski definition) is 2. The molecule has 2 aliphatic rings. The number of quaternary nitrogens is 1. The molecule has 0 amide bonds. The Morgan fingerprint density at radius 1 is 0.471 bits per heavy atom. The first kappa shape index (κ1) is 34.4. The first-order chi connectivity index (χ1) is 25.1. The van der Waals surface area contributed by atoms with Gasteiger partial charge in [0.1, 0.15) is 0 Å². The molecular weight excluding hydrogens is 623 g/mol. The molecule has 5 heterocycles. The number of aryl methyl sites for hydroxylation is 1. The van der Waals surface area contributed by atoms with E-state index in [9.17, 15) is 0 Å². The van der Waals surface area contributed by atoms with Crippen LogP contribution in [0.15, 0.2) is 84.9 Å². The van der Waals surface area contributed by atoms with Crippen LogP contribution in [-0.2, 0) is 12.8 Å². The monoisotopic (exact) mass is 674 g/mol. The lowest BCUT2D eigenvalue weighted by Crippen LogP contribution is -2.48. The number of H-pyrrole nitrogens is 2. The molecule has 5 nitrogen and oxygen atoms in total. The minimum Gasteiger partial charge on any atom is -0.355 e. The number of aromatic amines is 2. The van der Waals surface area contributed by atoms with Crippen molar-refractivity contribution < 1.29 is 4.48 Å². The van der Waals surface area contributed by atoms with Crippen molar-refractivity contribution >= 4 is 46.4 Å². The van der Waals surface area contributed by atoms with Gasteiger partial charge in [-0.05, 0) is 118 Å². The third kappa shape index (κ3) is 7.13. The molecule has 0 unspecified atom stereocenters. The molecule has 8 bridgehead atoms. The molecular formula is C46H52N5+. The molecule has 0 atom stereocenters. The summed E-state index contributed by atoms with van der Waals surface area (Å²) in [6, 6.07) is 30.3. The van der Waals surface area contributed by atoms with Crippen molar-refractivity contribution in [3.05, 3.63) is 119 Å². The third-order valence-electron chi connectivity index (χ3n) is 11.2. The van der Waals surface area contributed by atoms with Gasteiger partial charge in [-0.2, -0.15) is 0 Å². The van der Waals surface area contributed by atoms with E-state index in [0.29, 0.717) is 0 Å². The maximum absolute atomic E-state index is 5.42. The van der Waals surface area contributed by atoms with Gasteiger partial charge in [0.2, 0.25) is 0 Å². The van der Waals surface area contributed by atoms with Crippen molar-refractivity contribution in [3.8, 4) is 22.3 Å². The zero-order valence-electron chi connectivity index (χ0n) is 30.8. The third-order valence-corrected chi connectivity index (χ3v) is 11.2. The van der Waals surface area contributed by atoms with Crippen molar-refractivity contribution in [2.24, 2.45) is 0 Å². The van der Waals surface area contributed by atoms with Gasteiger partial charge in [-0.15, -0.1) is 0 Å². The molecule has 2 N–H and O–H groups in total. The van der Waals surface area contributed by atoms with Gasteiger partial charge in [0.25, 0.3) is 0 Å². The van der Waals surface area contributed by atoms with Crippen molar-refractivity contribution in [2.75, 3.05) is 26.2 Å². The number of nitrogens with zero attached hydrogens (tertiary/aromatic N) is 3. The Kier molecular flexibility index (Phi) is 10.5. The smallest absolute Gasteiger partial charge is 0.0786 e. The molecule has 3 aromatic heterocycles. The predicted octanol–water partition coefficient (Wildman–Crippen LogP) is 11.5. The molecule has 0 radical (unpaired) electrons. The normalized spacial score (nSPS) is 12.5. The molecule has 2 aromatic carbocycles. The van der Waals surface area contributed by atoms with Gasteiger partial charge in [-0.3, -0.25) is 0 Å². The Bertz CT molecular complexity index is 2050. The van der Waals surface area contributed by atoms with Crippen LogP contribution in [0, 0.1) is 0 Å². The number of hydrogen-bond acceptors (Lipinski definition) is 2. The second kappa shape index (κ2) is 15.5. The topological polar surface area (TPSA) is 57.4 Å². The largest absolute Gasteiger partial charge is 0.355 e. The van der Waals surface area contributed by atoms with Crippen LogP contribution < -0.4 is 0 Å². The summed E-state index contributed by atoms with van der Waals surface area (Å²) >= 11 is 0. The lowest BCUT2D eigenvalue weighted by molar-refractivity contribution is -0.923. The van der Waals surface area contributed by atoms with Gasteiger partial charge in [-0.1, -0.05) is 74.0 Å². The Labute approximate surface area is 303 Å². The molecule has 0 aliphatic carbocycles. The Morgan fingerprint density at radius 3 is 1.39 bits per heavy atom. The van der Waals surface area contributed by atoms with Crippen LogP contribution in [0.4, 0.5) is 0 Å². The number of benzene rings is 2. The summed E-state index contributed by atoms with van der Waals surface area (Å²) in [7, 11) is 0. The first-order valence-corrected chi connectivity index (χ1v) is 19.2. The summed E-state index contributed by atoms with van der Waals surface area (Å²) in [5.74, 6) is 0. The fourth-order valence-electron chi connectivity index (χ4n) is 7.91. The zero-order chi connectivity index (χ0) is 35.2. The highest BCUT2D eigenvalue weighted by Gasteiger charge is 2.21. The Morgan fingerprint density at radius 2 is 0.922 bits per heavy atom. The minimum absolute atomic E-state index is 0.931. The molecule has 0 saturated heterocycles. The van der Waals surface area contributed by atoms with E-state index in [0.717, 1.165) is 99.2 Å². The molecule has 0 spiro atoms. The average molecular weight is 675 g/mol. The summed E-state index contributed by atoms with van der Waals surface area (Å²) in [4.78, 5) is 18.6.